The maximum atomic E-state index is 13.4. The molecule has 1 N–H and O–H groups in total. The smallest absolute Gasteiger partial charge is 0.270 e. The number of nitrogens with zero attached hydrogens (tertiary/aromatic N) is 1. The average molecular weight is 323 g/mol. The van der Waals surface area contributed by atoms with E-state index in [2.05, 4.69) is 5.32 Å². The highest BCUT2D eigenvalue weighted by molar-refractivity contribution is 6.34. The van der Waals surface area contributed by atoms with Gasteiger partial charge in [-0.3, -0.25) is 14.9 Å². The number of rotatable bonds is 4. The van der Waals surface area contributed by atoms with Crippen LogP contribution in [0.25, 0.3) is 0 Å². The molecule has 0 aromatic heterocycles. The normalized spacial score (nSPS) is 10.3. The summed E-state index contributed by atoms with van der Waals surface area (Å²) in [6, 6.07) is 8.26. The SMILES string of the molecule is Cc1ccc(CNC(=O)c2ccc([N+](=O)[O-])cc2Cl)cc1F. The van der Waals surface area contributed by atoms with E-state index in [-0.39, 0.29) is 28.6 Å². The topological polar surface area (TPSA) is 72.2 Å². The molecule has 0 saturated heterocycles. The first-order valence-corrected chi connectivity index (χ1v) is 6.73. The lowest BCUT2D eigenvalue weighted by Gasteiger charge is -2.07. The molecule has 0 bridgehead atoms. The van der Waals surface area contributed by atoms with Gasteiger partial charge in [0.15, 0.2) is 0 Å². The number of carbonyl (C=O) groups excluding carboxylic acids is 1. The highest BCUT2D eigenvalue weighted by Crippen LogP contribution is 2.22. The Labute approximate surface area is 130 Å². The van der Waals surface area contributed by atoms with E-state index in [1.807, 2.05) is 0 Å². The Hall–Kier alpha value is -2.47. The minimum absolute atomic E-state index is 0.0122. The fraction of sp³-hybridized carbons (Fsp3) is 0.133. The van der Waals surface area contributed by atoms with Crippen LogP contribution >= 0.6 is 11.6 Å². The van der Waals surface area contributed by atoms with Crippen molar-refractivity contribution in [1.29, 1.82) is 0 Å². The van der Waals surface area contributed by atoms with Crippen molar-refractivity contribution >= 4 is 23.2 Å². The molecule has 0 heterocycles. The number of carbonyl (C=O) groups is 1. The molecule has 0 unspecified atom stereocenters. The Kier molecular flexibility index (Phi) is 4.72. The van der Waals surface area contributed by atoms with Gasteiger partial charge in [-0.15, -0.1) is 0 Å². The molecule has 5 nitrogen and oxygen atoms in total. The number of hydrogen-bond donors (Lipinski definition) is 1. The lowest BCUT2D eigenvalue weighted by atomic mass is 10.1. The van der Waals surface area contributed by atoms with E-state index < -0.39 is 10.8 Å². The number of amides is 1. The third-order valence-corrected chi connectivity index (χ3v) is 3.41. The van der Waals surface area contributed by atoms with Crippen molar-refractivity contribution in [3.63, 3.8) is 0 Å². The third kappa shape index (κ3) is 3.59. The zero-order valence-electron chi connectivity index (χ0n) is 11.6. The highest BCUT2D eigenvalue weighted by Gasteiger charge is 2.14. The number of nitrogens with one attached hydrogen (secondary N) is 1. The predicted molar refractivity (Wildman–Crippen MR) is 80.4 cm³/mol. The minimum Gasteiger partial charge on any atom is -0.348 e. The van der Waals surface area contributed by atoms with Crippen molar-refractivity contribution in [2.75, 3.05) is 0 Å². The second kappa shape index (κ2) is 6.53. The van der Waals surface area contributed by atoms with Gasteiger partial charge in [0.2, 0.25) is 0 Å². The van der Waals surface area contributed by atoms with Crippen LogP contribution in [0.3, 0.4) is 0 Å². The summed E-state index contributed by atoms with van der Waals surface area (Å²) in [5.41, 5.74) is 1.06. The molecule has 2 aromatic rings. The van der Waals surface area contributed by atoms with Crippen molar-refractivity contribution in [3.8, 4) is 0 Å². The van der Waals surface area contributed by atoms with Gasteiger partial charge in [0.1, 0.15) is 5.82 Å². The fourth-order valence-corrected chi connectivity index (χ4v) is 2.09. The van der Waals surface area contributed by atoms with Crippen molar-refractivity contribution in [3.05, 3.63) is 74.0 Å². The van der Waals surface area contributed by atoms with E-state index in [0.29, 0.717) is 11.1 Å². The quantitative estimate of drug-likeness (QED) is 0.690. The van der Waals surface area contributed by atoms with Crippen LogP contribution < -0.4 is 5.32 Å². The van der Waals surface area contributed by atoms with Crippen LogP contribution in [0.15, 0.2) is 36.4 Å². The largest absolute Gasteiger partial charge is 0.348 e. The Bertz CT molecular complexity index is 750. The second-order valence-electron chi connectivity index (χ2n) is 4.69. The lowest BCUT2D eigenvalue weighted by Crippen LogP contribution is -2.23. The molecule has 0 aliphatic heterocycles. The Balaban J connectivity index is 2.09. The van der Waals surface area contributed by atoms with E-state index in [9.17, 15) is 19.3 Å². The molecular weight excluding hydrogens is 311 g/mol. The molecule has 0 fully saturated rings. The molecule has 0 atom stereocenters. The monoisotopic (exact) mass is 322 g/mol. The van der Waals surface area contributed by atoms with Crippen molar-refractivity contribution in [2.45, 2.75) is 13.5 Å². The molecule has 2 rings (SSSR count). The summed E-state index contributed by atoms with van der Waals surface area (Å²) in [6.45, 7) is 1.78. The Morgan fingerprint density at radius 2 is 2.05 bits per heavy atom. The van der Waals surface area contributed by atoms with Crippen LogP contribution in [0, 0.1) is 22.9 Å². The van der Waals surface area contributed by atoms with E-state index in [1.165, 1.54) is 18.2 Å². The maximum absolute atomic E-state index is 13.4. The van der Waals surface area contributed by atoms with Gasteiger partial charge in [0.05, 0.1) is 15.5 Å². The standard InChI is InChI=1S/C15H12ClFN2O3/c1-9-2-3-10(6-14(9)17)8-18-15(20)12-5-4-11(19(21)22)7-13(12)16/h2-7H,8H2,1H3,(H,18,20). The summed E-state index contributed by atoms with van der Waals surface area (Å²) < 4.78 is 13.4. The van der Waals surface area contributed by atoms with Crippen LogP contribution in [0.5, 0.6) is 0 Å². The number of benzene rings is 2. The van der Waals surface area contributed by atoms with E-state index in [1.54, 1.807) is 19.1 Å². The van der Waals surface area contributed by atoms with Crippen LogP contribution in [0.4, 0.5) is 10.1 Å². The van der Waals surface area contributed by atoms with Gasteiger partial charge in [-0.1, -0.05) is 23.7 Å². The van der Waals surface area contributed by atoms with Gasteiger partial charge >= 0.3 is 0 Å². The van der Waals surface area contributed by atoms with Gasteiger partial charge in [0, 0.05) is 18.7 Å². The first kappa shape index (κ1) is 15.9. The molecule has 1 amide bonds. The van der Waals surface area contributed by atoms with Crippen molar-refractivity contribution in [2.24, 2.45) is 0 Å². The van der Waals surface area contributed by atoms with Gasteiger partial charge in [-0.25, -0.2) is 4.39 Å². The number of hydrogen-bond acceptors (Lipinski definition) is 3. The lowest BCUT2D eigenvalue weighted by molar-refractivity contribution is -0.384. The number of halogens is 2. The van der Waals surface area contributed by atoms with E-state index >= 15 is 0 Å². The molecule has 0 saturated carbocycles. The zero-order valence-corrected chi connectivity index (χ0v) is 12.4. The summed E-state index contributed by atoms with van der Waals surface area (Å²) in [5, 5.41) is 13.2. The number of nitro benzene ring substituents is 1. The fourth-order valence-electron chi connectivity index (χ4n) is 1.83. The summed E-state index contributed by atoms with van der Waals surface area (Å²) in [7, 11) is 0. The summed E-state index contributed by atoms with van der Waals surface area (Å²) in [6.07, 6.45) is 0. The molecule has 0 radical (unpaired) electrons. The first-order valence-electron chi connectivity index (χ1n) is 6.35. The van der Waals surface area contributed by atoms with E-state index in [0.717, 1.165) is 6.07 Å². The molecule has 0 aliphatic carbocycles. The average Bonchev–Trinajstić information content (AvgIpc) is 2.48. The third-order valence-electron chi connectivity index (χ3n) is 3.10. The molecule has 0 spiro atoms. The highest BCUT2D eigenvalue weighted by atomic mass is 35.5. The zero-order chi connectivity index (χ0) is 16.3. The molecule has 114 valence electrons. The number of non-ortho nitro benzene ring substituents is 1. The number of aryl methyl sites for hydroxylation is 1. The maximum Gasteiger partial charge on any atom is 0.270 e. The second-order valence-corrected chi connectivity index (χ2v) is 5.09. The van der Waals surface area contributed by atoms with Gasteiger partial charge in [-0.05, 0) is 30.2 Å². The Morgan fingerprint density at radius 3 is 2.64 bits per heavy atom. The van der Waals surface area contributed by atoms with Crippen molar-refractivity contribution < 1.29 is 14.1 Å². The molecule has 22 heavy (non-hydrogen) atoms. The molecular formula is C15H12ClFN2O3. The summed E-state index contributed by atoms with van der Waals surface area (Å²) in [5.74, 6) is -0.832. The number of nitro groups is 1. The van der Waals surface area contributed by atoms with Crippen LogP contribution in [-0.4, -0.2) is 10.8 Å². The van der Waals surface area contributed by atoms with Crippen LogP contribution in [0.1, 0.15) is 21.5 Å². The van der Waals surface area contributed by atoms with Gasteiger partial charge in [0.25, 0.3) is 11.6 Å². The summed E-state index contributed by atoms with van der Waals surface area (Å²) >= 11 is 5.87. The minimum atomic E-state index is -0.595. The predicted octanol–water partition coefficient (Wildman–Crippen LogP) is 3.63. The first-order chi connectivity index (χ1) is 10.4. The summed E-state index contributed by atoms with van der Waals surface area (Å²) in [4.78, 5) is 22.0. The van der Waals surface area contributed by atoms with E-state index in [4.69, 9.17) is 11.6 Å². The van der Waals surface area contributed by atoms with Gasteiger partial charge in [-0.2, -0.15) is 0 Å². The van der Waals surface area contributed by atoms with Crippen LogP contribution in [-0.2, 0) is 6.54 Å². The van der Waals surface area contributed by atoms with Crippen molar-refractivity contribution in [1.82, 2.24) is 5.32 Å². The molecule has 7 heteroatoms. The van der Waals surface area contributed by atoms with Gasteiger partial charge < -0.3 is 5.32 Å². The molecule has 2 aromatic carbocycles. The Morgan fingerprint density at radius 1 is 1.32 bits per heavy atom. The van der Waals surface area contributed by atoms with Crippen LogP contribution in [0.2, 0.25) is 5.02 Å². The molecule has 0 aliphatic rings.